The standard InChI is InChI=1S/C26H26FN5O3S/c27-18-6-5-17(21(12-18)22-2-1-11-35-22)15-28-14-16-3-7-19(8-4-16)30-25-29-10-9-20(31-25)13-23-24(33)32-26(34)36-23/h1-2,5-6,9-13,16,19,28H,3-4,7-8,14-15H2,(H,29,30,31)(H,32,33,34). The second-order valence-electron chi connectivity index (χ2n) is 8.93. The van der Waals surface area contributed by atoms with Crippen LogP contribution in [0.5, 0.6) is 0 Å². The van der Waals surface area contributed by atoms with E-state index in [9.17, 15) is 14.0 Å². The molecule has 0 bridgehead atoms. The molecule has 1 saturated heterocycles. The highest BCUT2D eigenvalue weighted by Gasteiger charge is 2.25. The zero-order chi connectivity index (χ0) is 24.9. The molecule has 8 nitrogen and oxygen atoms in total. The van der Waals surface area contributed by atoms with Gasteiger partial charge in [-0.05, 0) is 91.9 Å². The summed E-state index contributed by atoms with van der Waals surface area (Å²) in [5, 5.41) is 8.80. The van der Waals surface area contributed by atoms with Crippen LogP contribution in [-0.4, -0.2) is 33.7 Å². The summed E-state index contributed by atoms with van der Waals surface area (Å²) in [4.78, 5) is 32.2. The van der Waals surface area contributed by atoms with E-state index >= 15 is 0 Å². The molecule has 3 aromatic rings. The molecule has 10 heteroatoms. The Hall–Kier alpha value is -3.50. The first kappa shape index (κ1) is 24.2. The highest BCUT2D eigenvalue weighted by atomic mass is 32.2. The number of imide groups is 1. The van der Waals surface area contributed by atoms with Crippen molar-refractivity contribution < 1.29 is 18.4 Å². The number of carbonyl (C=O) groups excluding carboxylic acids is 2. The van der Waals surface area contributed by atoms with E-state index in [-0.39, 0.29) is 17.1 Å². The number of carbonyl (C=O) groups is 2. The van der Waals surface area contributed by atoms with E-state index in [1.54, 1.807) is 36.7 Å². The van der Waals surface area contributed by atoms with E-state index in [0.29, 0.717) is 34.8 Å². The number of furan rings is 1. The van der Waals surface area contributed by atoms with Crippen LogP contribution in [0.25, 0.3) is 17.4 Å². The Morgan fingerprint density at radius 2 is 2.03 bits per heavy atom. The first-order valence-corrected chi connectivity index (χ1v) is 12.7. The fourth-order valence-electron chi connectivity index (χ4n) is 4.55. The Kier molecular flexibility index (Phi) is 7.43. The molecule has 2 amide bonds. The highest BCUT2D eigenvalue weighted by Crippen LogP contribution is 2.28. The molecule has 0 unspecified atom stereocenters. The van der Waals surface area contributed by atoms with Crippen LogP contribution in [0, 0.1) is 11.7 Å². The molecule has 3 heterocycles. The molecule has 5 rings (SSSR count). The molecular weight excluding hydrogens is 481 g/mol. The van der Waals surface area contributed by atoms with Crippen molar-refractivity contribution in [1.29, 1.82) is 0 Å². The lowest BCUT2D eigenvalue weighted by molar-refractivity contribution is -0.115. The normalized spacial score (nSPS) is 21.1. The van der Waals surface area contributed by atoms with E-state index in [1.807, 2.05) is 6.07 Å². The molecule has 0 spiro atoms. The number of anilines is 1. The number of hydrogen-bond acceptors (Lipinski definition) is 8. The molecule has 1 aromatic carbocycles. The van der Waals surface area contributed by atoms with E-state index in [1.165, 1.54) is 12.1 Å². The zero-order valence-electron chi connectivity index (χ0n) is 19.5. The monoisotopic (exact) mass is 507 g/mol. The van der Waals surface area contributed by atoms with Crippen molar-refractivity contribution in [1.82, 2.24) is 20.6 Å². The Morgan fingerprint density at radius 1 is 1.17 bits per heavy atom. The van der Waals surface area contributed by atoms with Gasteiger partial charge in [-0.25, -0.2) is 14.4 Å². The lowest BCUT2D eigenvalue weighted by atomic mass is 9.86. The number of rotatable bonds is 8. The number of halogens is 1. The molecular formula is C26H26FN5O3S. The number of amides is 2. The van der Waals surface area contributed by atoms with Gasteiger partial charge >= 0.3 is 0 Å². The van der Waals surface area contributed by atoms with Crippen molar-refractivity contribution in [3.8, 4) is 11.3 Å². The topological polar surface area (TPSA) is 109 Å². The molecule has 186 valence electrons. The minimum atomic E-state index is -0.401. The molecule has 36 heavy (non-hydrogen) atoms. The summed E-state index contributed by atoms with van der Waals surface area (Å²) < 4.78 is 19.3. The Balaban J connectivity index is 1.10. The molecule has 3 N–H and O–H groups in total. The van der Waals surface area contributed by atoms with Gasteiger partial charge in [0.1, 0.15) is 11.6 Å². The second kappa shape index (κ2) is 11.0. The molecule has 0 radical (unpaired) electrons. The van der Waals surface area contributed by atoms with Gasteiger partial charge in [0.15, 0.2) is 0 Å². The molecule has 1 saturated carbocycles. The summed E-state index contributed by atoms with van der Waals surface area (Å²) in [7, 11) is 0. The van der Waals surface area contributed by atoms with Crippen LogP contribution in [0.15, 0.2) is 58.2 Å². The Morgan fingerprint density at radius 3 is 2.78 bits per heavy atom. The van der Waals surface area contributed by atoms with Gasteiger partial charge in [0, 0.05) is 24.3 Å². The minimum Gasteiger partial charge on any atom is -0.464 e. The molecule has 2 aromatic heterocycles. The fraction of sp³-hybridized carbons (Fsp3) is 0.308. The van der Waals surface area contributed by atoms with Crippen LogP contribution in [-0.2, 0) is 11.3 Å². The lowest BCUT2D eigenvalue weighted by Gasteiger charge is -2.29. The quantitative estimate of drug-likeness (QED) is 0.367. The number of aromatic nitrogens is 2. The second-order valence-corrected chi connectivity index (χ2v) is 9.94. The van der Waals surface area contributed by atoms with Crippen molar-refractivity contribution in [2.45, 2.75) is 38.3 Å². The van der Waals surface area contributed by atoms with Crippen LogP contribution >= 0.6 is 11.8 Å². The van der Waals surface area contributed by atoms with Gasteiger partial charge in [-0.15, -0.1) is 0 Å². The Labute approximate surface area is 212 Å². The van der Waals surface area contributed by atoms with E-state index in [0.717, 1.165) is 55.1 Å². The van der Waals surface area contributed by atoms with Crippen molar-refractivity contribution >= 4 is 34.9 Å². The van der Waals surface area contributed by atoms with Gasteiger partial charge in [0.25, 0.3) is 11.1 Å². The fourth-order valence-corrected chi connectivity index (χ4v) is 5.21. The van der Waals surface area contributed by atoms with Crippen LogP contribution < -0.4 is 16.0 Å². The van der Waals surface area contributed by atoms with E-state index in [4.69, 9.17) is 4.42 Å². The molecule has 0 atom stereocenters. The number of nitrogens with one attached hydrogen (secondary N) is 3. The molecule has 1 aliphatic carbocycles. The van der Waals surface area contributed by atoms with Gasteiger partial charge < -0.3 is 15.1 Å². The summed E-state index contributed by atoms with van der Waals surface area (Å²) in [5.41, 5.74) is 2.36. The maximum Gasteiger partial charge on any atom is 0.290 e. The first-order chi connectivity index (χ1) is 17.5. The molecule has 2 aliphatic rings. The van der Waals surface area contributed by atoms with Gasteiger partial charge in [0.05, 0.1) is 16.9 Å². The minimum absolute atomic E-state index is 0.275. The average molecular weight is 508 g/mol. The summed E-state index contributed by atoms with van der Waals surface area (Å²) in [6, 6.07) is 10.4. The average Bonchev–Trinajstić information content (AvgIpc) is 3.51. The van der Waals surface area contributed by atoms with Crippen LogP contribution in [0.3, 0.4) is 0 Å². The third-order valence-corrected chi connectivity index (χ3v) is 7.20. The van der Waals surface area contributed by atoms with Crippen molar-refractivity contribution in [2.24, 2.45) is 5.92 Å². The zero-order valence-corrected chi connectivity index (χ0v) is 20.3. The van der Waals surface area contributed by atoms with Crippen molar-refractivity contribution in [3.63, 3.8) is 0 Å². The SMILES string of the molecule is O=C1NC(=O)C(=Cc2ccnc(NC3CCC(CNCc4ccc(F)cc4-c4ccco4)CC3)n2)S1. The van der Waals surface area contributed by atoms with Crippen molar-refractivity contribution in [3.05, 3.63) is 70.8 Å². The molecule has 2 fully saturated rings. The highest BCUT2D eigenvalue weighted by molar-refractivity contribution is 8.18. The number of benzene rings is 1. The summed E-state index contributed by atoms with van der Waals surface area (Å²) in [5.74, 6) is 1.06. The summed E-state index contributed by atoms with van der Waals surface area (Å²) in [6.07, 6.45) is 8.98. The first-order valence-electron chi connectivity index (χ1n) is 11.9. The van der Waals surface area contributed by atoms with E-state index in [2.05, 4.69) is 25.9 Å². The lowest BCUT2D eigenvalue weighted by Crippen LogP contribution is -2.31. The smallest absolute Gasteiger partial charge is 0.290 e. The number of nitrogens with zero attached hydrogens (tertiary/aromatic N) is 2. The Bertz CT molecular complexity index is 1270. The molecule has 1 aliphatic heterocycles. The van der Waals surface area contributed by atoms with Crippen LogP contribution in [0.4, 0.5) is 15.1 Å². The van der Waals surface area contributed by atoms with Crippen LogP contribution in [0.1, 0.15) is 36.9 Å². The van der Waals surface area contributed by atoms with Gasteiger partial charge in [-0.1, -0.05) is 6.07 Å². The summed E-state index contributed by atoms with van der Waals surface area (Å²) in [6.45, 7) is 1.53. The number of hydrogen-bond donors (Lipinski definition) is 3. The van der Waals surface area contributed by atoms with Crippen molar-refractivity contribution in [2.75, 3.05) is 11.9 Å². The van der Waals surface area contributed by atoms with Gasteiger partial charge in [-0.2, -0.15) is 0 Å². The largest absolute Gasteiger partial charge is 0.464 e. The van der Waals surface area contributed by atoms with Crippen LogP contribution in [0.2, 0.25) is 0 Å². The maximum atomic E-state index is 13.8. The number of thioether (sulfide) groups is 1. The predicted octanol–water partition coefficient (Wildman–Crippen LogP) is 4.96. The third kappa shape index (κ3) is 6.00. The summed E-state index contributed by atoms with van der Waals surface area (Å²) >= 11 is 0.869. The van der Waals surface area contributed by atoms with Gasteiger partial charge in [0.2, 0.25) is 5.95 Å². The maximum absolute atomic E-state index is 13.8. The third-order valence-electron chi connectivity index (χ3n) is 6.39. The van der Waals surface area contributed by atoms with Gasteiger partial charge in [-0.3, -0.25) is 14.9 Å². The van der Waals surface area contributed by atoms with E-state index < -0.39 is 5.91 Å². The predicted molar refractivity (Wildman–Crippen MR) is 136 cm³/mol.